The second kappa shape index (κ2) is 9.79. The van der Waals surface area contributed by atoms with Crippen molar-refractivity contribution in [3.05, 3.63) is 29.6 Å². The Morgan fingerprint density at radius 1 is 1.17 bits per heavy atom. The van der Waals surface area contributed by atoms with E-state index in [-0.39, 0.29) is 6.54 Å². The quantitative estimate of drug-likeness (QED) is 0.405. The Kier molecular flexibility index (Phi) is 8.08. The number of hydrogen-bond donors (Lipinski definition) is 3. The average Bonchev–Trinajstić information content (AvgIpc) is 2.53. The van der Waals surface area contributed by atoms with E-state index in [0.717, 1.165) is 18.6 Å². The van der Waals surface area contributed by atoms with Crippen LogP contribution in [0.4, 0.5) is 18.9 Å². The standard InChI is InChI=1S/C16H23F3N4O/c1-4-20-16(21-8-7-10(2)3)22-9-13(24)23-12-6-5-11(17)14(18)15(12)19/h5-6,10H,4,7-9H2,1-3H3,(H,23,24)(H2,20,21,22). The summed E-state index contributed by atoms with van der Waals surface area (Å²) in [5, 5.41) is 8.22. The van der Waals surface area contributed by atoms with Crippen molar-refractivity contribution in [3.8, 4) is 0 Å². The van der Waals surface area contributed by atoms with Gasteiger partial charge in [0.05, 0.1) is 5.69 Å². The van der Waals surface area contributed by atoms with E-state index in [4.69, 9.17) is 0 Å². The fraction of sp³-hybridized carbons (Fsp3) is 0.500. The number of aliphatic imine (C=N–C) groups is 1. The Balaban J connectivity index is 2.62. The van der Waals surface area contributed by atoms with Crippen LogP contribution in [0.15, 0.2) is 17.1 Å². The van der Waals surface area contributed by atoms with Gasteiger partial charge in [0.1, 0.15) is 6.54 Å². The molecule has 1 aromatic rings. The van der Waals surface area contributed by atoms with Gasteiger partial charge >= 0.3 is 0 Å². The minimum absolute atomic E-state index is 0.282. The molecule has 0 bridgehead atoms. The molecular formula is C16H23F3N4O. The lowest BCUT2D eigenvalue weighted by atomic mass is 10.1. The van der Waals surface area contributed by atoms with Crippen LogP contribution >= 0.6 is 0 Å². The monoisotopic (exact) mass is 344 g/mol. The summed E-state index contributed by atoms with van der Waals surface area (Å²) in [5.41, 5.74) is -0.424. The highest BCUT2D eigenvalue weighted by atomic mass is 19.2. The van der Waals surface area contributed by atoms with E-state index >= 15 is 0 Å². The minimum Gasteiger partial charge on any atom is -0.357 e. The molecule has 0 unspecified atom stereocenters. The van der Waals surface area contributed by atoms with E-state index in [1.807, 2.05) is 6.92 Å². The van der Waals surface area contributed by atoms with Crippen LogP contribution in [-0.2, 0) is 4.79 Å². The van der Waals surface area contributed by atoms with Crippen molar-refractivity contribution in [2.24, 2.45) is 10.9 Å². The molecule has 0 saturated heterocycles. The highest BCUT2D eigenvalue weighted by Crippen LogP contribution is 2.19. The summed E-state index contributed by atoms with van der Waals surface area (Å²) in [6.07, 6.45) is 0.941. The van der Waals surface area contributed by atoms with Crippen molar-refractivity contribution in [2.45, 2.75) is 27.2 Å². The lowest BCUT2D eigenvalue weighted by Crippen LogP contribution is -2.38. The second-order valence-corrected chi connectivity index (χ2v) is 5.58. The predicted octanol–water partition coefficient (Wildman–Crippen LogP) is 2.64. The number of anilines is 1. The van der Waals surface area contributed by atoms with E-state index in [1.54, 1.807) is 0 Å². The lowest BCUT2D eigenvalue weighted by Gasteiger charge is -2.12. The van der Waals surface area contributed by atoms with Crippen LogP contribution < -0.4 is 16.0 Å². The zero-order chi connectivity index (χ0) is 18.1. The van der Waals surface area contributed by atoms with Crippen LogP contribution in [-0.4, -0.2) is 31.5 Å². The summed E-state index contributed by atoms with van der Waals surface area (Å²) in [6.45, 7) is 7.10. The SMILES string of the molecule is CCNC(=NCC(=O)Nc1ccc(F)c(F)c1F)NCCC(C)C. The van der Waals surface area contributed by atoms with Gasteiger partial charge in [-0.1, -0.05) is 13.8 Å². The summed E-state index contributed by atoms with van der Waals surface area (Å²) in [4.78, 5) is 15.9. The molecule has 1 rings (SSSR count). The number of hydrogen-bond acceptors (Lipinski definition) is 2. The number of halogens is 3. The fourth-order valence-electron chi connectivity index (χ4n) is 1.78. The van der Waals surface area contributed by atoms with Crippen molar-refractivity contribution in [3.63, 3.8) is 0 Å². The molecule has 1 amide bonds. The summed E-state index contributed by atoms with van der Waals surface area (Å²) < 4.78 is 39.5. The first-order chi connectivity index (χ1) is 11.3. The molecule has 0 atom stereocenters. The Morgan fingerprint density at radius 2 is 1.88 bits per heavy atom. The van der Waals surface area contributed by atoms with Crippen LogP contribution in [0.1, 0.15) is 27.2 Å². The van der Waals surface area contributed by atoms with Crippen molar-refractivity contribution < 1.29 is 18.0 Å². The Bertz CT molecular complexity index is 591. The Labute approximate surface area is 139 Å². The van der Waals surface area contributed by atoms with Crippen molar-refractivity contribution >= 4 is 17.6 Å². The van der Waals surface area contributed by atoms with Crippen LogP contribution in [0, 0.1) is 23.4 Å². The first-order valence-electron chi connectivity index (χ1n) is 7.80. The number of benzene rings is 1. The first-order valence-corrected chi connectivity index (χ1v) is 7.80. The highest BCUT2D eigenvalue weighted by Gasteiger charge is 2.15. The molecule has 0 radical (unpaired) electrons. The van der Waals surface area contributed by atoms with Crippen LogP contribution in [0.3, 0.4) is 0 Å². The largest absolute Gasteiger partial charge is 0.357 e. The molecule has 0 aromatic heterocycles. The van der Waals surface area contributed by atoms with Crippen LogP contribution in [0.2, 0.25) is 0 Å². The maximum atomic E-state index is 13.5. The number of carbonyl (C=O) groups excluding carboxylic acids is 1. The molecule has 0 saturated carbocycles. The number of nitrogens with zero attached hydrogens (tertiary/aromatic N) is 1. The van der Waals surface area contributed by atoms with Gasteiger partial charge in [-0.25, -0.2) is 18.2 Å². The van der Waals surface area contributed by atoms with Gasteiger partial charge in [-0.05, 0) is 31.4 Å². The summed E-state index contributed by atoms with van der Waals surface area (Å²) in [7, 11) is 0. The minimum atomic E-state index is -1.63. The summed E-state index contributed by atoms with van der Waals surface area (Å²) in [6, 6.07) is 1.70. The van der Waals surface area contributed by atoms with Gasteiger partial charge in [0, 0.05) is 13.1 Å². The number of amides is 1. The molecule has 0 aliphatic heterocycles. The third kappa shape index (κ3) is 6.47. The highest BCUT2D eigenvalue weighted by molar-refractivity contribution is 5.94. The number of carbonyl (C=O) groups is 1. The zero-order valence-electron chi connectivity index (χ0n) is 14.0. The van der Waals surface area contributed by atoms with Gasteiger partial charge < -0.3 is 16.0 Å². The smallest absolute Gasteiger partial charge is 0.246 e. The summed E-state index contributed by atoms with van der Waals surface area (Å²) >= 11 is 0. The predicted molar refractivity (Wildman–Crippen MR) is 88.4 cm³/mol. The second-order valence-electron chi connectivity index (χ2n) is 5.58. The molecule has 0 spiro atoms. The molecule has 0 heterocycles. The third-order valence-corrected chi connectivity index (χ3v) is 3.05. The first kappa shape index (κ1) is 19.8. The maximum Gasteiger partial charge on any atom is 0.246 e. The Hall–Kier alpha value is -2.25. The van der Waals surface area contributed by atoms with Gasteiger partial charge in [0.2, 0.25) is 5.91 Å². The molecule has 24 heavy (non-hydrogen) atoms. The van der Waals surface area contributed by atoms with Gasteiger partial charge in [-0.3, -0.25) is 4.79 Å². The maximum absolute atomic E-state index is 13.5. The molecule has 5 nitrogen and oxygen atoms in total. The van der Waals surface area contributed by atoms with Gasteiger partial charge in [-0.15, -0.1) is 0 Å². The van der Waals surface area contributed by atoms with E-state index in [2.05, 4.69) is 34.8 Å². The average molecular weight is 344 g/mol. The molecule has 134 valence electrons. The van der Waals surface area contributed by atoms with Gasteiger partial charge in [-0.2, -0.15) is 0 Å². The van der Waals surface area contributed by atoms with Crippen LogP contribution in [0.25, 0.3) is 0 Å². The molecule has 8 heteroatoms. The third-order valence-electron chi connectivity index (χ3n) is 3.05. The van der Waals surface area contributed by atoms with E-state index < -0.39 is 29.0 Å². The van der Waals surface area contributed by atoms with Crippen molar-refractivity contribution in [1.29, 1.82) is 0 Å². The van der Waals surface area contributed by atoms with Gasteiger partial charge in [0.15, 0.2) is 23.4 Å². The van der Waals surface area contributed by atoms with Crippen molar-refractivity contribution in [1.82, 2.24) is 10.6 Å². The van der Waals surface area contributed by atoms with Crippen LogP contribution in [0.5, 0.6) is 0 Å². The molecule has 0 aliphatic carbocycles. The topological polar surface area (TPSA) is 65.5 Å². The summed E-state index contributed by atoms with van der Waals surface area (Å²) in [5.74, 6) is -4.03. The molecule has 1 aromatic carbocycles. The van der Waals surface area contributed by atoms with E-state index in [1.165, 1.54) is 0 Å². The van der Waals surface area contributed by atoms with E-state index in [0.29, 0.717) is 25.0 Å². The molecule has 3 N–H and O–H groups in total. The zero-order valence-corrected chi connectivity index (χ0v) is 14.0. The lowest BCUT2D eigenvalue weighted by molar-refractivity contribution is -0.114. The number of guanidine groups is 1. The Morgan fingerprint density at radius 3 is 2.50 bits per heavy atom. The van der Waals surface area contributed by atoms with Gasteiger partial charge in [0.25, 0.3) is 0 Å². The fourth-order valence-corrected chi connectivity index (χ4v) is 1.78. The molecule has 0 aliphatic rings. The molecule has 0 fully saturated rings. The number of nitrogens with one attached hydrogen (secondary N) is 3. The molecular weight excluding hydrogens is 321 g/mol. The normalized spacial score (nSPS) is 11.5. The number of rotatable bonds is 7. The van der Waals surface area contributed by atoms with Crippen molar-refractivity contribution in [2.75, 3.05) is 25.0 Å². The van der Waals surface area contributed by atoms with E-state index in [9.17, 15) is 18.0 Å².